The highest BCUT2D eigenvalue weighted by Gasteiger charge is 2.42. The Kier molecular flexibility index (Phi) is 2.69. The van der Waals surface area contributed by atoms with Gasteiger partial charge in [0.15, 0.2) is 0 Å². The third kappa shape index (κ3) is 1.85. The third-order valence-corrected chi connectivity index (χ3v) is 3.81. The summed E-state index contributed by atoms with van der Waals surface area (Å²) in [6.07, 6.45) is 7.30. The average molecular weight is 261 g/mol. The highest BCUT2D eigenvalue weighted by molar-refractivity contribution is 5.97. The number of carbonyl (C=O) groups is 2. The van der Waals surface area contributed by atoms with Crippen LogP contribution in [-0.2, 0) is 19.1 Å². The fourth-order valence-electron chi connectivity index (χ4n) is 2.70. The lowest BCUT2D eigenvalue weighted by molar-refractivity contribution is -0.152. The molecule has 5 nitrogen and oxygen atoms in total. The second kappa shape index (κ2) is 4.26. The van der Waals surface area contributed by atoms with E-state index in [0.717, 1.165) is 6.42 Å². The lowest BCUT2D eigenvalue weighted by Gasteiger charge is -2.15. The molecule has 3 aliphatic rings. The maximum atomic E-state index is 12.1. The number of fused-ring (bicyclic) bond motifs is 1. The molecule has 19 heavy (non-hydrogen) atoms. The number of carbonyl (C=O) groups excluding carboxylic acids is 2. The van der Waals surface area contributed by atoms with Gasteiger partial charge < -0.3 is 14.4 Å². The number of esters is 1. The van der Waals surface area contributed by atoms with Gasteiger partial charge in [0.05, 0.1) is 17.9 Å². The van der Waals surface area contributed by atoms with Crippen molar-refractivity contribution in [1.82, 2.24) is 4.90 Å². The second-order valence-corrected chi connectivity index (χ2v) is 5.01. The molecule has 3 atom stereocenters. The summed E-state index contributed by atoms with van der Waals surface area (Å²) < 4.78 is 10.4. The van der Waals surface area contributed by atoms with Crippen molar-refractivity contribution in [3.05, 3.63) is 35.6 Å². The SMILES string of the molecule is CC1=CC(O/C=C2/C(=O)N(C)C3C=CCC23)OC1=O. The zero-order chi connectivity index (χ0) is 13.6. The molecule has 100 valence electrons. The van der Waals surface area contributed by atoms with E-state index in [1.54, 1.807) is 24.9 Å². The van der Waals surface area contributed by atoms with Gasteiger partial charge in [-0.1, -0.05) is 12.2 Å². The van der Waals surface area contributed by atoms with Gasteiger partial charge in [0.25, 0.3) is 12.2 Å². The van der Waals surface area contributed by atoms with Crippen molar-refractivity contribution in [3.8, 4) is 0 Å². The summed E-state index contributed by atoms with van der Waals surface area (Å²) in [7, 11) is 1.79. The van der Waals surface area contributed by atoms with Crippen molar-refractivity contribution in [2.45, 2.75) is 25.7 Å². The first-order valence-electron chi connectivity index (χ1n) is 6.26. The van der Waals surface area contributed by atoms with Crippen LogP contribution in [0, 0.1) is 5.92 Å². The van der Waals surface area contributed by atoms with Gasteiger partial charge in [-0.3, -0.25) is 4.79 Å². The minimum atomic E-state index is -0.716. The van der Waals surface area contributed by atoms with Crippen LogP contribution in [0.2, 0.25) is 0 Å². The highest BCUT2D eigenvalue weighted by Crippen LogP contribution is 2.37. The second-order valence-electron chi connectivity index (χ2n) is 5.01. The van der Waals surface area contributed by atoms with Crippen LogP contribution in [-0.4, -0.2) is 36.2 Å². The predicted octanol–water partition coefficient (Wildman–Crippen LogP) is 1.13. The molecule has 0 aromatic heterocycles. The molecule has 3 rings (SSSR count). The van der Waals surface area contributed by atoms with Gasteiger partial charge in [-0.15, -0.1) is 0 Å². The fourth-order valence-corrected chi connectivity index (χ4v) is 2.70. The van der Waals surface area contributed by atoms with Crippen LogP contribution >= 0.6 is 0 Å². The summed E-state index contributed by atoms with van der Waals surface area (Å²) >= 11 is 0. The maximum absolute atomic E-state index is 12.1. The van der Waals surface area contributed by atoms with Crippen molar-refractivity contribution < 1.29 is 19.1 Å². The molecular weight excluding hydrogens is 246 g/mol. The smallest absolute Gasteiger partial charge is 0.336 e. The van der Waals surface area contributed by atoms with Gasteiger partial charge in [0.1, 0.15) is 0 Å². The molecule has 2 heterocycles. The average Bonchev–Trinajstić information content (AvgIpc) is 3.01. The summed E-state index contributed by atoms with van der Waals surface area (Å²) in [5.41, 5.74) is 1.17. The Morgan fingerprint density at radius 3 is 2.95 bits per heavy atom. The number of cyclic esters (lactones) is 1. The van der Waals surface area contributed by atoms with Crippen molar-refractivity contribution in [3.63, 3.8) is 0 Å². The minimum absolute atomic E-state index is 0.0237. The third-order valence-electron chi connectivity index (χ3n) is 3.81. The summed E-state index contributed by atoms with van der Waals surface area (Å²) in [6, 6.07) is 0.130. The first-order chi connectivity index (χ1) is 9.08. The molecule has 3 unspecified atom stereocenters. The topological polar surface area (TPSA) is 55.8 Å². The highest BCUT2D eigenvalue weighted by atomic mass is 16.7. The molecule has 0 bridgehead atoms. The lowest BCUT2D eigenvalue weighted by atomic mass is 9.99. The van der Waals surface area contributed by atoms with E-state index in [9.17, 15) is 9.59 Å². The van der Waals surface area contributed by atoms with Crippen LogP contribution in [0.5, 0.6) is 0 Å². The van der Waals surface area contributed by atoms with E-state index in [-0.39, 0.29) is 23.8 Å². The Labute approximate surface area is 111 Å². The van der Waals surface area contributed by atoms with Crippen molar-refractivity contribution in [1.29, 1.82) is 0 Å². The zero-order valence-corrected chi connectivity index (χ0v) is 10.8. The largest absolute Gasteiger partial charge is 0.458 e. The number of likely N-dealkylation sites (N-methyl/N-ethyl adjacent to an activating group) is 1. The minimum Gasteiger partial charge on any atom is -0.458 e. The summed E-state index contributed by atoms with van der Waals surface area (Å²) in [6.45, 7) is 1.67. The predicted molar refractivity (Wildman–Crippen MR) is 66.6 cm³/mol. The number of allylic oxidation sites excluding steroid dienone is 1. The molecule has 1 fully saturated rings. The van der Waals surface area contributed by atoms with E-state index in [1.807, 2.05) is 6.08 Å². The quantitative estimate of drug-likeness (QED) is 0.324. The zero-order valence-electron chi connectivity index (χ0n) is 10.8. The normalized spacial score (nSPS) is 34.8. The van der Waals surface area contributed by atoms with Crippen LogP contribution in [0.25, 0.3) is 0 Å². The van der Waals surface area contributed by atoms with Gasteiger partial charge in [-0.2, -0.15) is 0 Å². The Morgan fingerprint density at radius 1 is 1.47 bits per heavy atom. The van der Waals surface area contributed by atoms with E-state index in [4.69, 9.17) is 9.47 Å². The molecular formula is C14H15NO4. The van der Waals surface area contributed by atoms with Gasteiger partial charge in [-0.25, -0.2) is 4.79 Å². The van der Waals surface area contributed by atoms with Crippen LogP contribution < -0.4 is 0 Å². The maximum Gasteiger partial charge on any atom is 0.336 e. The van der Waals surface area contributed by atoms with Gasteiger partial charge in [-0.05, 0) is 13.3 Å². The Bertz CT molecular complexity index is 532. The fraction of sp³-hybridized carbons (Fsp3) is 0.429. The molecule has 1 saturated heterocycles. The molecule has 1 aliphatic carbocycles. The first-order valence-corrected chi connectivity index (χ1v) is 6.26. The monoisotopic (exact) mass is 261 g/mol. The molecule has 0 radical (unpaired) electrons. The number of likely N-dealkylation sites (tertiary alicyclic amines) is 1. The number of amides is 1. The number of rotatable bonds is 2. The van der Waals surface area contributed by atoms with Crippen LogP contribution in [0.1, 0.15) is 13.3 Å². The van der Waals surface area contributed by atoms with Crippen molar-refractivity contribution >= 4 is 11.9 Å². The molecule has 0 aromatic carbocycles. The van der Waals surface area contributed by atoms with Gasteiger partial charge in [0, 0.05) is 24.6 Å². The molecule has 1 amide bonds. The molecule has 0 aromatic rings. The molecule has 5 heteroatoms. The number of hydrogen-bond acceptors (Lipinski definition) is 4. The van der Waals surface area contributed by atoms with Crippen molar-refractivity contribution in [2.75, 3.05) is 7.05 Å². The molecule has 0 saturated carbocycles. The summed E-state index contributed by atoms with van der Waals surface area (Å²) in [5.74, 6) is -0.247. The van der Waals surface area contributed by atoms with E-state index in [0.29, 0.717) is 11.1 Å². The van der Waals surface area contributed by atoms with E-state index < -0.39 is 6.29 Å². The van der Waals surface area contributed by atoms with Crippen LogP contribution in [0.15, 0.2) is 35.6 Å². The number of nitrogens with zero attached hydrogens (tertiary/aromatic N) is 1. The van der Waals surface area contributed by atoms with Crippen LogP contribution in [0.3, 0.4) is 0 Å². The standard InChI is InChI=1S/C14H15NO4/c1-8-6-12(19-14(8)17)18-7-10-9-4-3-5-11(9)15(2)13(10)16/h3,5-7,9,11-12H,4H2,1-2H3/b10-7+. The Morgan fingerprint density at radius 2 is 2.26 bits per heavy atom. The molecule has 0 N–H and O–H groups in total. The van der Waals surface area contributed by atoms with Gasteiger partial charge >= 0.3 is 5.97 Å². The Hall–Kier alpha value is -2.04. The Balaban J connectivity index is 1.74. The van der Waals surface area contributed by atoms with Crippen molar-refractivity contribution in [2.24, 2.45) is 5.92 Å². The molecule has 0 spiro atoms. The van der Waals surface area contributed by atoms with E-state index in [1.165, 1.54) is 6.26 Å². The summed E-state index contributed by atoms with van der Waals surface area (Å²) in [4.78, 5) is 25.0. The van der Waals surface area contributed by atoms with Gasteiger partial charge in [0.2, 0.25) is 0 Å². The van der Waals surface area contributed by atoms with E-state index in [2.05, 4.69) is 6.08 Å². The van der Waals surface area contributed by atoms with Crippen LogP contribution in [0.4, 0.5) is 0 Å². The summed E-state index contributed by atoms with van der Waals surface area (Å²) in [5, 5.41) is 0. The first kappa shape index (κ1) is 12.0. The number of ether oxygens (including phenoxy) is 2. The number of hydrogen-bond donors (Lipinski definition) is 0. The molecule has 2 aliphatic heterocycles. The lowest BCUT2D eigenvalue weighted by Crippen LogP contribution is -2.27. The van der Waals surface area contributed by atoms with E-state index >= 15 is 0 Å².